The van der Waals surface area contributed by atoms with Gasteiger partial charge in [-0.3, -0.25) is 19.2 Å². The van der Waals surface area contributed by atoms with Crippen LogP contribution in [0.1, 0.15) is 68.2 Å². The summed E-state index contributed by atoms with van der Waals surface area (Å²) in [6.45, 7) is 15.1. The molecule has 8 heteroatoms. The van der Waals surface area contributed by atoms with Crippen molar-refractivity contribution in [3.63, 3.8) is 0 Å². The van der Waals surface area contributed by atoms with Crippen LogP contribution in [0.4, 0.5) is 0 Å². The SMILES string of the molecule is CNCCNC(=O)C(CC(=O)C(C)(C)C)N(C)C(=O)C(C)(C)CC(C)(C)NC(C)=O. The molecule has 0 radical (unpaired) electrons. The molecule has 0 fully saturated rings. The predicted octanol–water partition coefficient (Wildman–Crippen LogP) is 1.49. The summed E-state index contributed by atoms with van der Waals surface area (Å²) < 4.78 is 0. The zero-order chi connectivity index (χ0) is 23.9. The van der Waals surface area contributed by atoms with Gasteiger partial charge in [0, 0.05) is 49.9 Å². The van der Waals surface area contributed by atoms with Gasteiger partial charge in [-0.05, 0) is 27.3 Å². The maximum Gasteiger partial charge on any atom is 0.243 e. The summed E-state index contributed by atoms with van der Waals surface area (Å²) in [4.78, 5) is 51.7. The van der Waals surface area contributed by atoms with Crippen molar-refractivity contribution in [3.05, 3.63) is 0 Å². The molecule has 0 rings (SSSR count). The maximum absolute atomic E-state index is 13.3. The van der Waals surface area contributed by atoms with E-state index in [1.54, 1.807) is 48.7 Å². The number of hydrogen-bond donors (Lipinski definition) is 3. The van der Waals surface area contributed by atoms with Crippen LogP contribution in [0.25, 0.3) is 0 Å². The first-order chi connectivity index (χ1) is 13.4. The third-order valence-corrected chi connectivity index (χ3v) is 4.96. The largest absolute Gasteiger partial charge is 0.353 e. The molecule has 3 N–H and O–H groups in total. The summed E-state index contributed by atoms with van der Waals surface area (Å²) in [5.74, 6) is -0.867. The molecule has 0 bridgehead atoms. The van der Waals surface area contributed by atoms with Crippen molar-refractivity contribution in [2.24, 2.45) is 10.8 Å². The fourth-order valence-electron chi connectivity index (χ4n) is 3.64. The minimum atomic E-state index is -0.899. The van der Waals surface area contributed by atoms with Gasteiger partial charge in [-0.1, -0.05) is 34.6 Å². The first kappa shape index (κ1) is 28.0. The second-order valence-corrected chi connectivity index (χ2v) is 10.3. The molecule has 30 heavy (non-hydrogen) atoms. The van der Waals surface area contributed by atoms with Crippen LogP contribution in [-0.4, -0.2) is 67.2 Å². The van der Waals surface area contributed by atoms with Crippen LogP contribution < -0.4 is 16.0 Å². The molecule has 0 aliphatic carbocycles. The first-order valence-corrected chi connectivity index (χ1v) is 10.5. The first-order valence-electron chi connectivity index (χ1n) is 10.5. The van der Waals surface area contributed by atoms with Gasteiger partial charge in [0.1, 0.15) is 11.8 Å². The van der Waals surface area contributed by atoms with Gasteiger partial charge in [0.25, 0.3) is 0 Å². The van der Waals surface area contributed by atoms with E-state index in [1.807, 2.05) is 13.8 Å². The van der Waals surface area contributed by atoms with E-state index >= 15 is 0 Å². The highest BCUT2D eigenvalue weighted by atomic mass is 16.2. The molecule has 8 nitrogen and oxygen atoms in total. The van der Waals surface area contributed by atoms with E-state index in [4.69, 9.17) is 0 Å². The monoisotopic (exact) mass is 426 g/mol. The average molecular weight is 427 g/mol. The zero-order valence-corrected chi connectivity index (χ0v) is 20.5. The number of amides is 3. The number of hydrogen-bond acceptors (Lipinski definition) is 5. The smallest absolute Gasteiger partial charge is 0.243 e. The van der Waals surface area contributed by atoms with Crippen molar-refractivity contribution in [1.29, 1.82) is 0 Å². The Hall–Kier alpha value is -1.96. The molecule has 0 aromatic rings. The number of carbonyl (C=O) groups is 4. The Labute approximate surface area is 181 Å². The van der Waals surface area contributed by atoms with Gasteiger partial charge in [-0.25, -0.2) is 0 Å². The van der Waals surface area contributed by atoms with E-state index in [0.29, 0.717) is 19.5 Å². The Morgan fingerprint density at radius 2 is 1.47 bits per heavy atom. The molecule has 0 aromatic carbocycles. The maximum atomic E-state index is 13.3. The Kier molecular flexibility index (Phi) is 10.2. The number of nitrogens with one attached hydrogen (secondary N) is 3. The van der Waals surface area contributed by atoms with Crippen molar-refractivity contribution in [2.45, 2.75) is 79.8 Å². The van der Waals surface area contributed by atoms with Crippen LogP contribution in [0.15, 0.2) is 0 Å². The fraction of sp³-hybridized carbons (Fsp3) is 0.818. The lowest BCUT2D eigenvalue weighted by Crippen LogP contribution is -2.55. The van der Waals surface area contributed by atoms with E-state index in [1.165, 1.54) is 11.8 Å². The second kappa shape index (κ2) is 10.9. The lowest BCUT2D eigenvalue weighted by Gasteiger charge is -2.39. The number of likely N-dealkylation sites (N-methyl/N-ethyl adjacent to an activating group) is 2. The summed E-state index contributed by atoms with van der Waals surface area (Å²) in [6.07, 6.45) is 0.326. The Balaban J connectivity index is 5.64. The van der Waals surface area contributed by atoms with E-state index in [2.05, 4.69) is 16.0 Å². The third-order valence-electron chi connectivity index (χ3n) is 4.96. The van der Waals surface area contributed by atoms with Gasteiger partial charge in [-0.15, -0.1) is 0 Å². The number of Topliss-reactive ketones (excluding diaryl/α,β-unsaturated/α-hetero) is 1. The van der Waals surface area contributed by atoms with Crippen molar-refractivity contribution in [2.75, 3.05) is 27.2 Å². The van der Waals surface area contributed by atoms with E-state index in [0.717, 1.165) is 0 Å². The van der Waals surface area contributed by atoms with Crippen LogP contribution in [-0.2, 0) is 19.2 Å². The van der Waals surface area contributed by atoms with E-state index in [-0.39, 0.29) is 29.9 Å². The average Bonchev–Trinajstić information content (AvgIpc) is 2.54. The minimum absolute atomic E-state index is 0.0533. The van der Waals surface area contributed by atoms with Crippen LogP contribution in [0.5, 0.6) is 0 Å². The van der Waals surface area contributed by atoms with Crippen LogP contribution in [0, 0.1) is 10.8 Å². The molecule has 0 heterocycles. The van der Waals surface area contributed by atoms with Gasteiger partial charge in [0.05, 0.1) is 0 Å². The summed E-state index contributed by atoms with van der Waals surface area (Å²) >= 11 is 0. The predicted molar refractivity (Wildman–Crippen MR) is 119 cm³/mol. The van der Waals surface area contributed by atoms with Crippen LogP contribution in [0.2, 0.25) is 0 Å². The van der Waals surface area contributed by atoms with Crippen molar-refractivity contribution in [3.8, 4) is 0 Å². The lowest BCUT2D eigenvalue weighted by atomic mass is 9.78. The molecule has 3 amide bonds. The number of nitrogens with zero attached hydrogens (tertiary/aromatic N) is 1. The van der Waals surface area contributed by atoms with E-state index in [9.17, 15) is 19.2 Å². The summed E-state index contributed by atoms with van der Waals surface area (Å²) in [5, 5.41) is 8.60. The van der Waals surface area contributed by atoms with Crippen molar-refractivity contribution >= 4 is 23.5 Å². The molecule has 1 unspecified atom stereocenters. The van der Waals surface area contributed by atoms with E-state index < -0.39 is 22.4 Å². The molecular weight excluding hydrogens is 384 g/mol. The third kappa shape index (κ3) is 9.24. The molecule has 0 aliphatic rings. The number of ketones is 1. The number of carbonyl (C=O) groups excluding carboxylic acids is 4. The summed E-state index contributed by atoms with van der Waals surface area (Å²) in [5.41, 5.74) is -2.07. The van der Waals surface area contributed by atoms with Crippen LogP contribution >= 0.6 is 0 Å². The van der Waals surface area contributed by atoms with Gasteiger partial charge in [-0.2, -0.15) is 0 Å². The highest BCUT2D eigenvalue weighted by molar-refractivity contribution is 5.95. The number of rotatable bonds is 11. The van der Waals surface area contributed by atoms with Gasteiger partial charge < -0.3 is 20.9 Å². The molecule has 0 aromatic heterocycles. The molecule has 174 valence electrons. The highest BCUT2D eigenvalue weighted by Gasteiger charge is 2.41. The summed E-state index contributed by atoms with van der Waals surface area (Å²) in [6, 6.07) is -0.899. The van der Waals surface area contributed by atoms with Crippen LogP contribution in [0.3, 0.4) is 0 Å². The quantitative estimate of drug-likeness (QED) is 0.434. The highest BCUT2D eigenvalue weighted by Crippen LogP contribution is 2.31. The molecule has 0 spiro atoms. The fourth-order valence-corrected chi connectivity index (χ4v) is 3.64. The standard InChI is InChI=1S/C22H42N4O4/c1-15(27)25-22(7,8)14-21(5,6)19(30)26(10)16(13-17(28)20(2,3)4)18(29)24-12-11-23-9/h16,23H,11-14H2,1-10H3,(H,24,29)(H,25,27). The van der Waals surface area contributed by atoms with Crippen molar-refractivity contribution in [1.82, 2.24) is 20.9 Å². The molecule has 0 saturated carbocycles. The Morgan fingerprint density at radius 1 is 0.933 bits per heavy atom. The topological polar surface area (TPSA) is 108 Å². The minimum Gasteiger partial charge on any atom is -0.353 e. The Morgan fingerprint density at radius 3 is 1.90 bits per heavy atom. The molecule has 0 saturated heterocycles. The van der Waals surface area contributed by atoms with Gasteiger partial charge >= 0.3 is 0 Å². The normalized spacial score (nSPS) is 13.4. The molecular formula is C22H42N4O4. The van der Waals surface area contributed by atoms with Gasteiger partial charge in [0.15, 0.2) is 0 Å². The molecule has 0 aliphatic heterocycles. The van der Waals surface area contributed by atoms with Crippen molar-refractivity contribution < 1.29 is 19.2 Å². The summed E-state index contributed by atoms with van der Waals surface area (Å²) in [7, 11) is 3.34. The zero-order valence-electron chi connectivity index (χ0n) is 20.5. The Bertz CT molecular complexity index is 636. The van der Waals surface area contributed by atoms with Gasteiger partial charge in [0.2, 0.25) is 17.7 Å². The lowest BCUT2D eigenvalue weighted by molar-refractivity contribution is -0.148. The second-order valence-electron chi connectivity index (χ2n) is 10.3. The molecule has 1 atom stereocenters.